The SMILES string of the molecule is Cc1cc([C@H]2CC[C@@H](C(=O)NCc3ccccc3)CN2C(=O)C2CC2)ccc1F. The Labute approximate surface area is 171 Å². The van der Waals surface area contributed by atoms with E-state index in [0.717, 1.165) is 30.4 Å². The fourth-order valence-corrected chi connectivity index (χ4v) is 4.14. The van der Waals surface area contributed by atoms with Crippen molar-refractivity contribution in [1.82, 2.24) is 10.2 Å². The molecule has 2 aromatic rings. The maximum absolute atomic E-state index is 13.7. The highest BCUT2D eigenvalue weighted by Crippen LogP contribution is 2.39. The lowest BCUT2D eigenvalue weighted by molar-refractivity contribution is -0.140. The second-order valence-corrected chi connectivity index (χ2v) is 8.27. The summed E-state index contributed by atoms with van der Waals surface area (Å²) in [7, 11) is 0. The highest BCUT2D eigenvalue weighted by atomic mass is 19.1. The minimum absolute atomic E-state index is 0.00353. The predicted molar refractivity (Wildman–Crippen MR) is 109 cm³/mol. The Morgan fingerprint density at radius 3 is 2.45 bits per heavy atom. The van der Waals surface area contributed by atoms with Gasteiger partial charge in [-0.1, -0.05) is 42.5 Å². The molecule has 1 heterocycles. The molecule has 4 nitrogen and oxygen atoms in total. The number of rotatable bonds is 5. The summed E-state index contributed by atoms with van der Waals surface area (Å²) in [4.78, 5) is 27.6. The number of carbonyl (C=O) groups excluding carboxylic acids is 2. The van der Waals surface area contributed by atoms with Gasteiger partial charge in [-0.25, -0.2) is 4.39 Å². The number of likely N-dealkylation sites (tertiary alicyclic amines) is 1. The number of hydrogen-bond acceptors (Lipinski definition) is 2. The van der Waals surface area contributed by atoms with Crippen molar-refractivity contribution in [3.05, 3.63) is 71.0 Å². The minimum Gasteiger partial charge on any atom is -0.352 e. The zero-order valence-corrected chi connectivity index (χ0v) is 16.7. The standard InChI is InChI=1S/C24H27FN2O2/c1-16-13-19(9-11-21(16)25)22-12-10-20(15-27(22)24(29)18-7-8-18)23(28)26-14-17-5-3-2-4-6-17/h2-6,9,11,13,18,20,22H,7-8,10,12,14-15H2,1H3,(H,26,28)/t20-,22-/m1/s1. The summed E-state index contributed by atoms with van der Waals surface area (Å²) in [5.41, 5.74) is 2.60. The molecular weight excluding hydrogens is 367 g/mol. The number of carbonyl (C=O) groups is 2. The molecule has 1 saturated heterocycles. The van der Waals surface area contributed by atoms with Crippen molar-refractivity contribution in [3.63, 3.8) is 0 Å². The Balaban J connectivity index is 1.47. The summed E-state index contributed by atoms with van der Waals surface area (Å²) >= 11 is 0. The molecule has 0 bridgehead atoms. The van der Waals surface area contributed by atoms with Crippen molar-refractivity contribution in [1.29, 1.82) is 0 Å². The maximum Gasteiger partial charge on any atom is 0.226 e. The number of nitrogens with one attached hydrogen (secondary N) is 1. The van der Waals surface area contributed by atoms with E-state index in [-0.39, 0.29) is 35.5 Å². The summed E-state index contributed by atoms with van der Waals surface area (Å²) in [6, 6.07) is 14.8. The third-order valence-electron chi connectivity index (χ3n) is 6.04. The predicted octanol–water partition coefficient (Wildman–Crippen LogP) is 4.14. The lowest BCUT2D eigenvalue weighted by Crippen LogP contribution is -2.47. The highest BCUT2D eigenvalue weighted by Gasteiger charge is 2.41. The van der Waals surface area contributed by atoms with Crippen LogP contribution in [-0.4, -0.2) is 23.3 Å². The first-order chi connectivity index (χ1) is 14.0. The number of nitrogens with zero attached hydrogens (tertiary/aromatic N) is 1. The summed E-state index contributed by atoms with van der Waals surface area (Å²) in [6.45, 7) is 2.67. The number of piperidine rings is 1. The largest absolute Gasteiger partial charge is 0.352 e. The van der Waals surface area contributed by atoms with Gasteiger partial charge in [-0.3, -0.25) is 9.59 Å². The monoisotopic (exact) mass is 394 g/mol. The molecule has 2 aromatic carbocycles. The van der Waals surface area contributed by atoms with E-state index in [9.17, 15) is 14.0 Å². The molecule has 0 unspecified atom stereocenters. The lowest BCUT2D eigenvalue weighted by atomic mass is 9.87. The van der Waals surface area contributed by atoms with E-state index in [2.05, 4.69) is 5.32 Å². The van der Waals surface area contributed by atoms with E-state index < -0.39 is 0 Å². The van der Waals surface area contributed by atoms with Crippen molar-refractivity contribution in [3.8, 4) is 0 Å². The number of halogens is 1. The lowest BCUT2D eigenvalue weighted by Gasteiger charge is -2.40. The normalized spacial score (nSPS) is 21.7. The molecule has 2 atom stereocenters. The molecule has 1 aliphatic heterocycles. The summed E-state index contributed by atoms with van der Waals surface area (Å²) < 4.78 is 13.7. The van der Waals surface area contributed by atoms with E-state index in [1.807, 2.05) is 41.3 Å². The van der Waals surface area contributed by atoms with Crippen LogP contribution in [0, 0.1) is 24.6 Å². The molecular formula is C24H27FN2O2. The van der Waals surface area contributed by atoms with Crippen molar-refractivity contribution in [2.75, 3.05) is 6.54 Å². The van der Waals surface area contributed by atoms with Gasteiger partial charge in [-0.2, -0.15) is 0 Å². The average Bonchev–Trinajstić information content (AvgIpc) is 3.59. The highest BCUT2D eigenvalue weighted by molar-refractivity contribution is 5.84. The van der Waals surface area contributed by atoms with Crippen molar-refractivity contribution in [2.45, 2.75) is 45.2 Å². The van der Waals surface area contributed by atoms with E-state index in [0.29, 0.717) is 25.1 Å². The van der Waals surface area contributed by atoms with Crippen molar-refractivity contribution >= 4 is 11.8 Å². The number of benzene rings is 2. The van der Waals surface area contributed by atoms with Gasteiger partial charge >= 0.3 is 0 Å². The second kappa shape index (κ2) is 8.36. The molecule has 5 heteroatoms. The molecule has 4 rings (SSSR count). The van der Waals surface area contributed by atoms with Crippen molar-refractivity contribution < 1.29 is 14.0 Å². The third-order valence-corrected chi connectivity index (χ3v) is 6.04. The topological polar surface area (TPSA) is 49.4 Å². The first-order valence-corrected chi connectivity index (χ1v) is 10.4. The first kappa shape index (κ1) is 19.6. The molecule has 0 radical (unpaired) electrons. The van der Waals surface area contributed by atoms with Crippen LogP contribution in [0.1, 0.15) is 48.4 Å². The Bertz CT molecular complexity index is 895. The van der Waals surface area contributed by atoms with Gasteiger partial charge in [0.25, 0.3) is 0 Å². The first-order valence-electron chi connectivity index (χ1n) is 10.4. The van der Waals surface area contributed by atoms with Crippen LogP contribution in [0.5, 0.6) is 0 Å². The van der Waals surface area contributed by atoms with Crippen LogP contribution in [0.2, 0.25) is 0 Å². The van der Waals surface area contributed by atoms with Gasteiger partial charge in [0.05, 0.1) is 12.0 Å². The van der Waals surface area contributed by atoms with Crippen LogP contribution in [0.3, 0.4) is 0 Å². The fraction of sp³-hybridized carbons (Fsp3) is 0.417. The average molecular weight is 394 g/mol. The van der Waals surface area contributed by atoms with Crippen LogP contribution in [0.4, 0.5) is 4.39 Å². The molecule has 0 aromatic heterocycles. The number of aryl methyl sites for hydroxylation is 1. The van der Waals surface area contributed by atoms with Crippen LogP contribution in [0.15, 0.2) is 48.5 Å². The molecule has 152 valence electrons. The van der Waals surface area contributed by atoms with Crippen LogP contribution in [-0.2, 0) is 16.1 Å². The molecule has 2 amide bonds. The van der Waals surface area contributed by atoms with Crippen LogP contribution >= 0.6 is 0 Å². The van der Waals surface area contributed by atoms with Gasteiger partial charge in [-0.15, -0.1) is 0 Å². The molecule has 2 aliphatic rings. The molecule has 2 fully saturated rings. The molecule has 0 spiro atoms. The Morgan fingerprint density at radius 1 is 1.03 bits per heavy atom. The molecule has 1 saturated carbocycles. The van der Waals surface area contributed by atoms with Crippen LogP contribution in [0.25, 0.3) is 0 Å². The second-order valence-electron chi connectivity index (χ2n) is 8.27. The molecule has 1 N–H and O–H groups in total. The van der Waals surface area contributed by atoms with Gasteiger partial charge < -0.3 is 10.2 Å². The van der Waals surface area contributed by atoms with E-state index in [4.69, 9.17) is 0 Å². The van der Waals surface area contributed by atoms with E-state index in [1.165, 1.54) is 6.07 Å². The quantitative estimate of drug-likeness (QED) is 0.829. The summed E-state index contributed by atoms with van der Waals surface area (Å²) in [5.74, 6) is -0.221. The Kier molecular flexibility index (Phi) is 5.65. The fourth-order valence-electron chi connectivity index (χ4n) is 4.14. The van der Waals surface area contributed by atoms with Gasteiger partial charge in [0.1, 0.15) is 5.82 Å². The van der Waals surface area contributed by atoms with E-state index in [1.54, 1.807) is 13.0 Å². The number of amides is 2. The minimum atomic E-state index is -0.234. The Morgan fingerprint density at radius 2 is 1.76 bits per heavy atom. The summed E-state index contributed by atoms with van der Waals surface area (Å²) in [6.07, 6.45) is 3.29. The zero-order valence-electron chi connectivity index (χ0n) is 16.7. The molecule has 29 heavy (non-hydrogen) atoms. The van der Waals surface area contributed by atoms with Crippen LogP contribution < -0.4 is 5.32 Å². The smallest absolute Gasteiger partial charge is 0.226 e. The van der Waals surface area contributed by atoms with Gasteiger partial charge in [0, 0.05) is 19.0 Å². The third kappa shape index (κ3) is 4.50. The zero-order chi connectivity index (χ0) is 20.4. The Hall–Kier alpha value is -2.69. The van der Waals surface area contributed by atoms with E-state index >= 15 is 0 Å². The molecule has 1 aliphatic carbocycles. The number of hydrogen-bond donors (Lipinski definition) is 1. The summed E-state index contributed by atoms with van der Waals surface area (Å²) in [5, 5.41) is 3.02. The van der Waals surface area contributed by atoms with Gasteiger partial charge in [0.2, 0.25) is 11.8 Å². The van der Waals surface area contributed by atoms with Gasteiger partial charge in [0.15, 0.2) is 0 Å². The van der Waals surface area contributed by atoms with Crippen molar-refractivity contribution in [2.24, 2.45) is 11.8 Å². The maximum atomic E-state index is 13.7. The van der Waals surface area contributed by atoms with Gasteiger partial charge in [-0.05, 0) is 55.4 Å².